The Morgan fingerprint density at radius 2 is 2.00 bits per heavy atom. The largest absolute Gasteiger partial charge is 0.448 e. The van der Waals surface area contributed by atoms with Crippen LogP contribution in [0.5, 0.6) is 0 Å². The second-order valence-corrected chi connectivity index (χ2v) is 4.20. The van der Waals surface area contributed by atoms with Crippen LogP contribution in [0.15, 0.2) is 12.7 Å². The standard InChI is InChI=1S/C7H11BrO2.C3H9N/c1-3-5-6(8)10-7(9)4-2;1-4(2)3/h4,6H,2-3,5H2,1H3;1-3H3. The highest BCUT2D eigenvalue weighted by Crippen LogP contribution is 2.09. The summed E-state index contributed by atoms with van der Waals surface area (Å²) in [6, 6.07) is 0. The number of hydrogen-bond acceptors (Lipinski definition) is 3. The summed E-state index contributed by atoms with van der Waals surface area (Å²) >= 11 is 3.19. The molecule has 84 valence electrons. The quantitative estimate of drug-likeness (QED) is 0.444. The lowest BCUT2D eigenvalue weighted by molar-refractivity contribution is -0.139. The van der Waals surface area contributed by atoms with E-state index in [1.165, 1.54) is 0 Å². The van der Waals surface area contributed by atoms with Gasteiger partial charge in [-0.1, -0.05) is 19.9 Å². The molecule has 0 heterocycles. The molecule has 0 aromatic rings. The predicted octanol–water partition coefficient (Wildman–Crippen LogP) is 2.41. The van der Waals surface area contributed by atoms with E-state index in [0.717, 1.165) is 18.9 Å². The van der Waals surface area contributed by atoms with E-state index in [9.17, 15) is 4.79 Å². The summed E-state index contributed by atoms with van der Waals surface area (Å²) in [6.45, 7) is 5.30. The molecule has 0 spiro atoms. The van der Waals surface area contributed by atoms with Gasteiger partial charge in [-0.25, -0.2) is 4.79 Å². The van der Waals surface area contributed by atoms with Gasteiger partial charge < -0.3 is 9.64 Å². The first-order valence-corrected chi connectivity index (χ1v) is 5.43. The number of ether oxygens (including phenoxy) is 1. The van der Waals surface area contributed by atoms with Crippen molar-refractivity contribution in [1.82, 2.24) is 4.90 Å². The molecular formula is C10H20BrNO2. The molecule has 1 atom stereocenters. The van der Waals surface area contributed by atoms with E-state index in [0.29, 0.717) is 0 Å². The molecule has 0 saturated carbocycles. The topological polar surface area (TPSA) is 29.5 Å². The Balaban J connectivity index is 0. The number of alkyl halides is 1. The molecule has 0 N–H and O–H groups in total. The fourth-order valence-electron chi connectivity index (χ4n) is 0.460. The second kappa shape index (κ2) is 10.7. The van der Waals surface area contributed by atoms with Crippen LogP contribution < -0.4 is 0 Å². The fourth-order valence-corrected chi connectivity index (χ4v) is 1.10. The van der Waals surface area contributed by atoms with Crippen molar-refractivity contribution < 1.29 is 9.53 Å². The zero-order valence-corrected chi connectivity index (χ0v) is 11.0. The summed E-state index contributed by atoms with van der Waals surface area (Å²) in [6.07, 6.45) is 2.98. The molecule has 0 amide bonds. The molecule has 0 saturated heterocycles. The molecule has 1 unspecified atom stereocenters. The molecule has 0 fully saturated rings. The van der Waals surface area contributed by atoms with E-state index in [1.54, 1.807) is 0 Å². The van der Waals surface area contributed by atoms with Crippen molar-refractivity contribution in [1.29, 1.82) is 0 Å². The van der Waals surface area contributed by atoms with Crippen molar-refractivity contribution in [2.75, 3.05) is 21.1 Å². The van der Waals surface area contributed by atoms with E-state index < -0.39 is 0 Å². The third-order valence-electron chi connectivity index (χ3n) is 0.926. The Labute approximate surface area is 95.2 Å². The highest BCUT2D eigenvalue weighted by atomic mass is 79.9. The predicted molar refractivity (Wildman–Crippen MR) is 63.5 cm³/mol. The number of halogens is 1. The van der Waals surface area contributed by atoms with Crippen molar-refractivity contribution >= 4 is 21.9 Å². The second-order valence-electron chi connectivity index (χ2n) is 3.18. The van der Waals surface area contributed by atoms with Crippen LogP contribution in [0.2, 0.25) is 0 Å². The van der Waals surface area contributed by atoms with E-state index in [4.69, 9.17) is 4.74 Å². The number of carbonyl (C=O) groups is 1. The van der Waals surface area contributed by atoms with Crippen molar-refractivity contribution in [2.24, 2.45) is 0 Å². The van der Waals surface area contributed by atoms with Gasteiger partial charge in [-0.05, 0) is 43.5 Å². The van der Waals surface area contributed by atoms with Gasteiger partial charge in [0.2, 0.25) is 0 Å². The third kappa shape index (κ3) is 17.7. The molecule has 3 nitrogen and oxygen atoms in total. The van der Waals surface area contributed by atoms with Crippen LogP contribution in [-0.4, -0.2) is 37.0 Å². The monoisotopic (exact) mass is 265 g/mol. The first-order chi connectivity index (χ1) is 6.43. The number of nitrogens with zero attached hydrogens (tertiary/aromatic N) is 1. The molecule has 0 aromatic heterocycles. The maximum atomic E-state index is 10.5. The lowest BCUT2D eigenvalue weighted by atomic mass is 10.4. The molecule has 14 heavy (non-hydrogen) atoms. The molecule has 0 aliphatic rings. The van der Waals surface area contributed by atoms with Crippen molar-refractivity contribution in [3.63, 3.8) is 0 Å². The molecule has 0 aromatic carbocycles. The molecule has 0 bridgehead atoms. The van der Waals surface area contributed by atoms with Crippen molar-refractivity contribution in [3.8, 4) is 0 Å². The highest BCUT2D eigenvalue weighted by molar-refractivity contribution is 9.09. The Morgan fingerprint density at radius 3 is 2.29 bits per heavy atom. The minimum atomic E-state index is -0.379. The summed E-state index contributed by atoms with van der Waals surface area (Å²) < 4.78 is 4.80. The van der Waals surface area contributed by atoms with Crippen LogP contribution in [0.3, 0.4) is 0 Å². The van der Waals surface area contributed by atoms with Gasteiger partial charge in [-0.3, -0.25) is 0 Å². The average Bonchev–Trinajstić information content (AvgIpc) is 2.03. The van der Waals surface area contributed by atoms with E-state index in [-0.39, 0.29) is 11.0 Å². The third-order valence-corrected chi connectivity index (χ3v) is 1.57. The van der Waals surface area contributed by atoms with E-state index in [1.807, 2.05) is 33.0 Å². The zero-order valence-electron chi connectivity index (χ0n) is 9.42. The van der Waals surface area contributed by atoms with Gasteiger partial charge in [-0.15, -0.1) is 0 Å². The number of hydrogen-bond donors (Lipinski definition) is 0. The maximum Gasteiger partial charge on any atom is 0.331 e. The fraction of sp³-hybridized carbons (Fsp3) is 0.700. The van der Waals surface area contributed by atoms with Gasteiger partial charge in [0.15, 0.2) is 5.01 Å². The SMILES string of the molecule is C=CC(=O)OC(Br)CCC.CN(C)C. The minimum absolute atomic E-state index is 0.164. The number of rotatable bonds is 4. The minimum Gasteiger partial charge on any atom is -0.448 e. The number of carbonyl (C=O) groups excluding carboxylic acids is 1. The Kier molecular flexibility index (Phi) is 12.3. The molecule has 0 radical (unpaired) electrons. The Bertz CT molecular complexity index is 157. The summed E-state index contributed by atoms with van der Waals surface area (Å²) in [5, 5.41) is -0.164. The van der Waals surface area contributed by atoms with Crippen LogP contribution in [0.4, 0.5) is 0 Å². The van der Waals surface area contributed by atoms with Gasteiger partial charge in [0.25, 0.3) is 0 Å². The molecule has 4 heteroatoms. The van der Waals surface area contributed by atoms with Gasteiger partial charge in [-0.2, -0.15) is 0 Å². The molecular weight excluding hydrogens is 246 g/mol. The lowest BCUT2D eigenvalue weighted by Gasteiger charge is -2.07. The van der Waals surface area contributed by atoms with Gasteiger partial charge in [0, 0.05) is 6.08 Å². The highest BCUT2D eigenvalue weighted by Gasteiger charge is 2.05. The van der Waals surface area contributed by atoms with Crippen LogP contribution in [0, 0.1) is 0 Å². The molecule has 0 rings (SSSR count). The van der Waals surface area contributed by atoms with Crippen molar-refractivity contribution in [3.05, 3.63) is 12.7 Å². The van der Waals surface area contributed by atoms with Crippen molar-refractivity contribution in [2.45, 2.75) is 24.8 Å². The van der Waals surface area contributed by atoms with Crippen LogP contribution >= 0.6 is 15.9 Å². The van der Waals surface area contributed by atoms with E-state index in [2.05, 4.69) is 22.5 Å². The van der Waals surface area contributed by atoms with Gasteiger partial charge >= 0.3 is 5.97 Å². The number of esters is 1. The van der Waals surface area contributed by atoms with E-state index >= 15 is 0 Å². The first kappa shape index (κ1) is 16.1. The summed E-state index contributed by atoms with van der Waals surface area (Å²) in [5.74, 6) is -0.379. The Hall–Kier alpha value is -0.350. The summed E-state index contributed by atoms with van der Waals surface area (Å²) in [7, 11) is 6.00. The first-order valence-electron chi connectivity index (χ1n) is 4.52. The molecule has 0 aliphatic heterocycles. The zero-order chi connectivity index (χ0) is 11.6. The smallest absolute Gasteiger partial charge is 0.331 e. The van der Waals surface area contributed by atoms with Crippen LogP contribution in [0.1, 0.15) is 19.8 Å². The summed E-state index contributed by atoms with van der Waals surface area (Å²) in [4.78, 5) is 12.5. The summed E-state index contributed by atoms with van der Waals surface area (Å²) in [5.41, 5.74) is 0. The van der Waals surface area contributed by atoms with Crippen LogP contribution in [0.25, 0.3) is 0 Å². The van der Waals surface area contributed by atoms with Gasteiger partial charge in [0.1, 0.15) is 0 Å². The maximum absolute atomic E-state index is 10.5. The normalized spacial score (nSPS) is 11.3. The lowest BCUT2D eigenvalue weighted by Crippen LogP contribution is -2.08. The van der Waals surface area contributed by atoms with Crippen LogP contribution in [-0.2, 0) is 9.53 Å². The van der Waals surface area contributed by atoms with Gasteiger partial charge in [0.05, 0.1) is 0 Å². The Morgan fingerprint density at radius 1 is 1.57 bits per heavy atom. The average molecular weight is 266 g/mol. The molecule has 0 aliphatic carbocycles.